The Morgan fingerprint density at radius 3 is 2.80 bits per heavy atom. The standard InChI is InChI=1S/C17H19N3O3S2/c18-25(22,23)14-6-3-5-13(11-14)19-17(21)12-20-9-4-10-24-16-8-2-1-7-15(16)20/h1-3,5-8,11H,4,9-10,12H2,(H,19,21)(H2,18,22,23). The number of primary sulfonamides is 1. The second kappa shape index (κ2) is 7.47. The van der Waals surface area contributed by atoms with E-state index in [0.717, 1.165) is 24.4 Å². The minimum Gasteiger partial charge on any atom is -0.361 e. The number of hydrogen-bond donors (Lipinski definition) is 2. The molecule has 0 radical (unpaired) electrons. The highest BCUT2D eigenvalue weighted by molar-refractivity contribution is 7.99. The molecule has 0 atom stereocenters. The van der Waals surface area contributed by atoms with Crippen LogP contribution in [0.25, 0.3) is 0 Å². The van der Waals surface area contributed by atoms with Crippen LogP contribution in [0.2, 0.25) is 0 Å². The molecule has 0 aromatic heterocycles. The fraction of sp³-hybridized carbons (Fsp3) is 0.235. The molecule has 0 aliphatic carbocycles. The molecule has 8 heteroatoms. The van der Waals surface area contributed by atoms with Gasteiger partial charge in [0.1, 0.15) is 0 Å². The van der Waals surface area contributed by atoms with Gasteiger partial charge in [-0.25, -0.2) is 13.6 Å². The molecular weight excluding hydrogens is 358 g/mol. The van der Waals surface area contributed by atoms with Gasteiger partial charge >= 0.3 is 0 Å². The number of carbonyl (C=O) groups excluding carboxylic acids is 1. The van der Waals surface area contributed by atoms with Crippen LogP contribution in [-0.4, -0.2) is 33.2 Å². The molecule has 0 fully saturated rings. The first-order valence-corrected chi connectivity index (χ1v) is 10.4. The van der Waals surface area contributed by atoms with Crippen LogP contribution in [0.5, 0.6) is 0 Å². The largest absolute Gasteiger partial charge is 0.361 e. The Bertz CT molecular complexity index is 884. The monoisotopic (exact) mass is 377 g/mol. The summed E-state index contributed by atoms with van der Waals surface area (Å²) in [6.45, 7) is 1.01. The summed E-state index contributed by atoms with van der Waals surface area (Å²) >= 11 is 1.80. The first kappa shape index (κ1) is 17.8. The molecule has 6 nitrogen and oxygen atoms in total. The fourth-order valence-corrected chi connectivity index (χ4v) is 4.26. The molecule has 0 bridgehead atoms. The Hall–Kier alpha value is -2.03. The van der Waals surface area contributed by atoms with Gasteiger partial charge in [0.05, 0.1) is 17.1 Å². The van der Waals surface area contributed by atoms with Crippen LogP contribution >= 0.6 is 11.8 Å². The van der Waals surface area contributed by atoms with Crippen LogP contribution in [0.4, 0.5) is 11.4 Å². The number of benzene rings is 2. The molecule has 2 aromatic rings. The van der Waals surface area contributed by atoms with Crippen molar-refractivity contribution >= 4 is 39.1 Å². The number of hydrogen-bond acceptors (Lipinski definition) is 5. The average Bonchev–Trinajstić information content (AvgIpc) is 2.77. The average molecular weight is 377 g/mol. The van der Waals surface area contributed by atoms with Crippen LogP contribution in [0.1, 0.15) is 6.42 Å². The number of amides is 1. The SMILES string of the molecule is NS(=O)(=O)c1cccc(NC(=O)CN2CCCSc3ccccc32)c1. The summed E-state index contributed by atoms with van der Waals surface area (Å²) in [6, 6.07) is 14.0. The third kappa shape index (κ3) is 4.53. The van der Waals surface area contributed by atoms with E-state index in [4.69, 9.17) is 5.14 Å². The maximum absolute atomic E-state index is 12.4. The number of sulfonamides is 1. The van der Waals surface area contributed by atoms with E-state index in [9.17, 15) is 13.2 Å². The first-order valence-electron chi connectivity index (χ1n) is 7.83. The molecule has 3 rings (SSSR count). The molecule has 1 aliphatic rings. The van der Waals surface area contributed by atoms with Crippen molar-refractivity contribution in [2.45, 2.75) is 16.2 Å². The van der Waals surface area contributed by atoms with E-state index < -0.39 is 10.0 Å². The summed E-state index contributed by atoms with van der Waals surface area (Å²) in [5.74, 6) is 0.819. The van der Waals surface area contributed by atoms with Crippen molar-refractivity contribution in [1.29, 1.82) is 0 Å². The van der Waals surface area contributed by atoms with Crippen molar-refractivity contribution in [3.05, 3.63) is 48.5 Å². The smallest absolute Gasteiger partial charge is 0.243 e. The lowest BCUT2D eigenvalue weighted by Gasteiger charge is -2.23. The Morgan fingerprint density at radius 2 is 2.00 bits per heavy atom. The number of carbonyl (C=O) groups is 1. The van der Waals surface area contributed by atoms with Crippen LogP contribution in [0.15, 0.2) is 58.3 Å². The van der Waals surface area contributed by atoms with E-state index >= 15 is 0 Å². The van der Waals surface area contributed by atoms with Crippen LogP contribution in [0.3, 0.4) is 0 Å². The van der Waals surface area contributed by atoms with Gasteiger partial charge in [0.25, 0.3) is 0 Å². The van der Waals surface area contributed by atoms with Crippen molar-refractivity contribution < 1.29 is 13.2 Å². The molecule has 0 spiro atoms. The van der Waals surface area contributed by atoms with E-state index in [1.165, 1.54) is 17.0 Å². The van der Waals surface area contributed by atoms with Gasteiger partial charge in [-0.2, -0.15) is 0 Å². The van der Waals surface area contributed by atoms with Gasteiger partial charge in [0, 0.05) is 17.1 Å². The van der Waals surface area contributed by atoms with Crippen molar-refractivity contribution in [3.8, 4) is 0 Å². The second-order valence-corrected chi connectivity index (χ2v) is 8.41. The molecule has 0 saturated heterocycles. The van der Waals surface area contributed by atoms with Crippen LogP contribution in [0, 0.1) is 0 Å². The molecule has 0 unspecified atom stereocenters. The molecule has 1 aliphatic heterocycles. The molecule has 1 amide bonds. The van der Waals surface area contributed by atoms with Gasteiger partial charge in [-0.1, -0.05) is 18.2 Å². The minimum absolute atomic E-state index is 0.0261. The summed E-state index contributed by atoms with van der Waals surface area (Å²) < 4.78 is 22.8. The van der Waals surface area contributed by atoms with Crippen molar-refractivity contribution in [2.24, 2.45) is 5.14 Å². The van der Waals surface area contributed by atoms with E-state index in [0.29, 0.717) is 5.69 Å². The van der Waals surface area contributed by atoms with Gasteiger partial charge in [-0.05, 0) is 42.5 Å². The Morgan fingerprint density at radius 1 is 1.20 bits per heavy atom. The van der Waals surface area contributed by atoms with Gasteiger partial charge in [-0.15, -0.1) is 11.8 Å². The summed E-state index contributed by atoms with van der Waals surface area (Å²) in [4.78, 5) is 15.6. The maximum Gasteiger partial charge on any atom is 0.243 e. The molecule has 132 valence electrons. The number of anilines is 2. The predicted molar refractivity (Wildman–Crippen MR) is 100 cm³/mol. The maximum atomic E-state index is 12.4. The molecule has 3 N–H and O–H groups in total. The highest BCUT2D eigenvalue weighted by Crippen LogP contribution is 2.33. The Kier molecular flexibility index (Phi) is 5.31. The topological polar surface area (TPSA) is 92.5 Å². The van der Waals surface area contributed by atoms with Crippen LogP contribution < -0.4 is 15.4 Å². The zero-order valence-electron chi connectivity index (χ0n) is 13.5. The number of nitrogens with zero attached hydrogens (tertiary/aromatic N) is 1. The lowest BCUT2D eigenvalue weighted by Crippen LogP contribution is -2.34. The number of rotatable bonds is 4. The van der Waals surface area contributed by atoms with E-state index in [2.05, 4.69) is 11.4 Å². The Balaban J connectivity index is 1.73. The zero-order chi connectivity index (χ0) is 17.9. The lowest BCUT2D eigenvalue weighted by atomic mass is 10.2. The number of fused-ring (bicyclic) bond motifs is 1. The summed E-state index contributed by atoms with van der Waals surface area (Å²) in [5.41, 5.74) is 1.47. The normalized spacial score (nSPS) is 14.5. The van der Waals surface area contributed by atoms with Crippen molar-refractivity contribution in [3.63, 3.8) is 0 Å². The fourth-order valence-electron chi connectivity index (χ4n) is 2.69. The van der Waals surface area contributed by atoms with Gasteiger partial charge in [-0.3, -0.25) is 4.79 Å². The molecular formula is C17H19N3O3S2. The number of nitrogens with two attached hydrogens (primary N) is 1. The first-order chi connectivity index (χ1) is 11.9. The van der Waals surface area contributed by atoms with Gasteiger partial charge < -0.3 is 10.2 Å². The van der Waals surface area contributed by atoms with E-state index in [-0.39, 0.29) is 17.3 Å². The molecule has 2 aromatic carbocycles. The quantitative estimate of drug-likeness (QED) is 0.853. The third-order valence-corrected chi connectivity index (χ3v) is 5.88. The minimum atomic E-state index is -3.80. The number of thioether (sulfide) groups is 1. The van der Waals surface area contributed by atoms with Crippen LogP contribution in [-0.2, 0) is 14.8 Å². The van der Waals surface area contributed by atoms with Crippen molar-refractivity contribution in [2.75, 3.05) is 29.1 Å². The molecule has 0 saturated carbocycles. The second-order valence-electron chi connectivity index (χ2n) is 5.71. The number of para-hydroxylation sites is 1. The predicted octanol–water partition coefficient (Wildman–Crippen LogP) is 2.27. The van der Waals surface area contributed by atoms with Gasteiger partial charge in [0.15, 0.2) is 0 Å². The molecule has 1 heterocycles. The lowest BCUT2D eigenvalue weighted by molar-refractivity contribution is -0.115. The van der Waals surface area contributed by atoms with E-state index in [1.807, 2.05) is 23.1 Å². The zero-order valence-corrected chi connectivity index (χ0v) is 15.1. The van der Waals surface area contributed by atoms with Crippen molar-refractivity contribution in [1.82, 2.24) is 0 Å². The van der Waals surface area contributed by atoms with E-state index in [1.54, 1.807) is 23.9 Å². The third-order valence-electron chi connectivity index (χ3n) is 3.82. The molecule has 25 heavy (non-hydrogen) atoms. The van der Waals surface area contributed by atoms with Gasteiger partial charge in [0.2, 0.25) is 15.9 Å². The summed E-state index contributed by atoms with van der Waals surface area (Å²) in [7, 11) is -3.80. The summed E-state index contributed by atoms with van der Waals surface area (Å²) in [6.07, 6.45) is 0.994. The highest BCUT2D eigenvalue weighted by atomic mass is 32.2. The highest BCUT2D eigenvalue weighted by Gasteiger charge is 2.18. The summed E-state index contributed by atoms with van der Waals surface area (Å²) in [5, 5.41) is 7.87. The Labute approximate surface area is 151 Å². The number of nitrogens with one attached hydrogen (secondary N) is 1.